The van der Waals surface area contributed by atoms with Crippen LogP contribution in [0.2, 0.25) is 5.04 Å². The summed E-state index contributed by atoms with van der Waals surface area (Å²) in [7, 11) is -3.29. The molecular formula is C20H25F3O2Si. The van der Waals surface area contributed by atoms with Crippen LogP contribution in [0.1, 0.15) is 27.2 Å². The van der Waals surface area contributed by atoms with Crippen molar-refractivity contribution in [3.05, 3.63) is 60.7 Å². The lowest BCUT2D eigenvalue weighted by molar-refractivity contribution is -0.201. The van der Waals surface area contributed by atoms with Crippen LogP contribution in [0, 0.1) is 0 Å². The van der Waals surface area contributed by atoms with E-state index in [1.54, 1.807) is 0 Å². The lowest BCUT2D eigenvalue weighted by Crippen LogP contribution is -2.68. The molecule has 26 heavy (non-hydrogen) atoms. The van der Waals surface area contributed by atoms with E-state index in [0.29, 0.717) is 0 Å². The Bertz CT molecular complexity index is 642. The quantitative estimate of drug-likeness (QED) is 0.769. The van der Waals surface area contributed by atoms with E-state index >= 15 is 0 Å². The standard InChI is InChI=1S/C20H25F3O2Si/c1-19(2,3)26(16-10-6-4-7-11-16,17-12-8-5-9-13-17)25-18(14-15-24)20(21,22)23/h4-13,18,24H,14-15H2,1-3H3/t18-/m1/s1. The summed E-state index contributed by atoms with van der Waals surface area (Å²) in [6.45, 7) is 5.19. The van der Waals surface area contributed by atoms with E-state index in [1.165, 1.54) is 0 Å². The van der Waals surface area contributed by atoms with Crippen LogP contribution in [0.4, 0.5) is 13.2 Å². The van der Waals surface area contributed by atoms with Gasteiger partial charge in [0, 0.05) is 13.0 Å². The topological polar surface area (TPSA) is 29.5 Å². The molecule has 0 radical (unpaired) electrons. The molecule has 0 bridgehead atoms. The molecule has 0 saturated carbocycles. The molecule has 0 saturated heterocycles. The van der Waals surface area contributed by atoms with Gasteiger partial charge in [-0.1, -0.05) is 81.4 Å². The molecule has 2 aromatic carbocycles. The summed E-state index contributed by atoms with van der Waals surface area (Å²) in [5, 5.41) is 10.2. The Hall–Kier alpha value is -1.63. The van der Waals surface area contributed by atoms with E-state index in [4.69, 9.17) is 4.43 Å². The Morgan fingerprint density at radius 1 is 0.885 bits per heavy atom. The van der Waals surface area contributed by atoms with Crippen LogP contribution in [0.5, 0.6) is 0 Å². The van der Waals surface area contributed by atoms with Crippen LogP contribution in [0.3, 0.4) is 0 Å². The first kappa shape index (κ1) is 20.7. The Labute approximate surface area is 153 Å². The highest BCUT2D eigenvalue weighted by molar-refractivity contribution is 6.99. The fraction of sp³-hybridized carbons (Fsp3) is 0.400. The first-order valence-corrected chi connectivity index (χ1v) is 10.5. The maximum absolute atomic E-state index is 13.6. The van der Waals surface area contributed by atoms with Crippen molar-refractivity contribution in [2.45, 2.75) is 44.5 Å². The van der Waals surface area contributed by atoms with E-state index in [-0.39, 0.29) is 0 Å². The second-order valence-electron chi connectivity index (χ2n) is 7.32. The van der Waals surface area contributed by atoms with E-state index < -0.39 is 38.7 Å². The number of benzene rings is 2. The van der Waals surface area contributed by atoms with Crippen LogP contribution in [-0.2, 0) is 4.43 Å². The highest BCUT2D eigenvalue weighted by Crippen LogP contribution is 2.40. The molecule has 0 fully saturated rings. The third-order valence-electron chi connectivity index (χ3n) is 4.49. The summed E-state index contributed by atoms with van der Waals surface area (Å²) in [5.74, 6) is 0. The molecule has 0 aliphatic carbocycles. The summed E-state index contributed by atoms with van der Waals surface area (Å²) in [4.78, 5) is 0. The number of halogens is 3. The van der Waals surface area contributed by atoms with E-state index in [1.807, 2.05) is 81.4 Å². The van der Waals surface area contributed by atoms with Crippen molar-refractivity contribution in [1.82, 2.24) is 0 Å². The molecule has 2 nitrogen and oxygen atoms in total. The Morgan fingerprint density at radius 2 is 1.31 bits per heavy atom. The van der Waals surface area contributed by atoms with Gasteiger partial charge < -0.3 is 9.53 Å². The lowest BCUT2D eigenvalue weighted by atomic mass is 10.2. The number of hydrogen-bond donors (Lipinski definition) is 1. The van der Waals surface area contributed by atoms with Crippen LogP contribution in [0.15, 0.2) is 60.7 Å². The van der Waals surface area contributed by atoms with Gasteiger partial charge in [-0.25, -0.2) is 0 Å². The highest BCUT2D eigenvalue weighted by atomic mass is 28.4. The summed E-state index contributed by atoms with van der Waals surface area (Å²) in [6, 6.07) is 18.3. The minimum Gasteiger partial charge on any atom is -0.396 e. The van der Waals surface area contributed by atoms with Gasteiger partial charge in [-0.2, -0.15) is 13.2 Å². The number of aliphatic hydroxyl groups is 1. The Morgan fingerprint density at radius 3 is 1.62 bits per heavy atom. The van der Waals surface area contributed by atoms with Crippen molar-refractivity contribution in [1.29, 1.82) is 0 Å². The van der Waals surface area contributed by atoms with Gasteiger partial charge in [-0.15, -0.1) is 0 Å². The van der Waals surface area contributed by atoms with Gasteiger partial charge in [0.2, 0.25) is 0 Å². The fourth-order valence-electron chi connectivity index (χ4n) is 3.31. The molecule has 1 atom stereocenters. The predicted octanol–water partition coefficient (Wildman–Crippen LogP) is 3.88. The molecule has 2 rings (SSSR count). The van der Waals surface area contributed by atoms with Crippen molar-refractivity contribution in [2.24, 2.45) is 0 Å². The Kier molecular flexibility index (Phi) is 6.32. The van der Waals surface area contributed by atoms with Gasteiger partial charge >= 0.3 is 6.18 Å². The third kappa shape index (κ3) is 4.19. The zero-order chi connectivity index (χ0) is 19.4. The van der Waals surface area contributed by atoms with Crippen LogP contribution in [-0.4, -0.2) is 32.3 Å². The Balaban J connectivity index is 2.71. The number of rotatable bonds is 6. The molecule has 0 unspecified atom stereocenters. The van der Waals surface area contributed by atoms with Crippen molar-refractivity contribution in [2.75, 3.05) is 6.61 Å². The third-order valence-corrected chi connectivity index (χ3v) is 9.54. The largest absolute Gasteiger partial charge is 0.413 e. The smallest absolute Gasteiger partial charge is 0.396 e. The second-order valence-corrected chi connectivity index (χ2v) is 11.6. The van der Waals surface area contributed by atoms with E-state index in [0.717, 1.165) is 10.4 Å². The molecule has 0 aliphatic heterocycles. The molecular weight excluding hydrogens is 357 g/mol. The average Bonchev–Trinajstić information content (AvgIpc) is 2.58. The van der Waals surface area contributed by atoms with Crippen LogP contribution in [0.25, 0.3) is 0 Å². The van der Waals surface area contributed by atoms with Gasteiger partial charge in [0.1, 0.15) is 6.10 Å². The molecule has 0 heterocycles. The van der Waals surface area contributed by atoms with Gasteiger partial charge in [0.25, 0.3) is 8.32 Å². The summed E-state index contributed by atoms with van der Waals surface area (Å²) in [5.41, 5.74) is 0. The number of hydrogen-bond acceptors (Lipinski definition) is 2. The first-order chi connectivity index (χ1) is 12.1. The molecule has 0 amide bonds. The second kappa shape index (κ2) is 7.94. The summed E-state index contributed by atoms with van der Waals surface area (Å²) < 4.78 is 47.0. The predicted molar refractivity (Wildman–Crippen MR) is 100 cm³/mol. The zero-order valence-corrected chi connectivity index (χ0v) is 16.3. The molecule has 2 aromatic rings. The van der Waals surface area contributed by atoms with Gasteiger partial charge in [-0.3, -0.25) is 0 Å². The van der Waals surface area contributed by atoms with Crippen molar-refractivity contribution < 1.29 is 22.7 Å². The minimum atomic E-state index is -4.55. The minimum absolute atomic E-state index is 0.478. The maximum Gasteiger partial charge on any atom is 0.413 e. The van der Waals surface area contributed by atoms with Crippen LogP contribution < -0.4 is 10.4 Å². The normalized spacial score (nSPS) is 14.3. The van der Waals surface area contributed by atoms with Gasteiger partial charge in [-0.05, 0) is 15.4 Å². The van der Waals surface area contributed by atoms with Crippen molar-refractivity contribution in [3.8, 4) is 0 Å². The molecule has 142 valence electrons. The van der Waals surface area contributed by atoms with E-state index in [2.05, 4.69) is 0 Å². The summed E-state index contributed by atoms with van der Waals surface area (Å²) in [6.07, 6.45) is -7.04. The molecule has 0 aromatic heterocycles. The van der Waals surface area contributed by atoms with E-state index in [9.17, 15) is 18.3 Å². The van der Waals surface area contributed by atoms with Gasteiger partial charge in [0.05, 0.1) is 0 Å². The molecule has 0 aliphatic rings. The molecule has 0 spiro atoms. The molecule has 6 heteroatoms. The summed E-state index contributed by atoms with van der Waals surface area (Å²) >= 11 is 0. The SMILES string of the molecule is CC(C)(C)[Si](O[C@H](CCO)C(F)(F)F)(c1ccccc1)c1ccccc1. The fourth-order valence-corrected chi connectivity index (χ4v) is 8.00. The van der Waals surface area contributed by atoms with Gasteiger partial charge in [0.15, 0.2) is 0 Å². The lowest BCUT2D eigenvalue weighted by Gasteiger charge is -2.45. The number of aliphatic hydroxyl groups excluding tert-OH is 1. The highest BCUT2D eigenvalue weighted by Gasteiger charge is 2.55. The maximum atomic E-state index is 13.6. The number of alkyl halides is 3. The first-order valence-electron chi connectivity index (χ1n) is 8.59. The van der Waals surface area contributed by atoms with Crippen LogP contribution >= 0.6 is 0 Å². The van der Waals surface area contributed by atoms with Crippen molar-refractivity contribution >= 4 is 18.7 Å². The zero-order valence-electron chi connectivity index (χ0n) is 15.3. The van der Waals surface area contributed by atoms with Crippen molar-refractivity contribution in [3.63, 3.8) is 0 Å². The average molecular weight is 382 g/mol. The monoisotopic (exact) mass is 382 g/mol. The molecule has 1 N–H and O–H groups in total.